The second-order valence-electron chi connectivity index (χ2n) is 3.65. The molecule has 0 aliphatic rings. The van der Waals surface area contributed by atoms with Crippen molar-refractivity contribution < 1.29 is 4.21 Å². The van der Waals surface area contributed by atoms with E-state index in [2.05, 4.69) is 15.3 Å². The molecule has 0 radical (unpaired) electrons. The van der Waals surface area contributed by atoms with Crippen molar-refractivity contribution in [3.63, 3.8) is 0 Å². The van der Waals surface area contributed by atoms with Crippen molar-refractivity contribution in [1.29, 1.82) is 0 Å². The van der Waals surface area contributed by atoms with Gasteiger partial charge in [-0.25, -0.2) is 9.97 Å². The summed E-state index contributed by atoms with van der Waals surface area (Å²) in [6, 6.07) is 2.14. The van der Waals surface area contributed by atoms with Crippen molar-refractivity contribution in [2.45, 2.75) is 13.0 Å². The van der Waals surface area contributed by atoms with Crippen LogP contribution in [0.1, 0.15) is 6.92 Å². The van der Waals surface area contributed by atoms with Gasteiger partial charge in [-0.05, 0) is 18.4 Å². The van der Waals surface area contributed by atoms with Crippen LogP contribution in [-0.4, -0.2) is 32.2 Å². The smallest absolute Gasteiger partial charge is 0.138 e. The number of rotatable bonds is 4. The van der Waals surface area contributed by atoms with E-state index in [4.69, 9.17) is 0 Å². The molecule has 0 amide bonds. The van der Waals surface area contributed by atoms with Gasteiger partial charge in [-0.1, -0.05) is 0 Å². The summed E-state index contributed by atoms with van der Waals surface area (Å²) in [6.45, 7) is 2.00. The van der Waals surface area contributed by atoms with Crippen molar-refractivity contribution in [1.82, 2.24) is 9.97 Å². The molecule has 0 bridgehead atoms. The molecule has 6 heteroatoms. The SMILES string of the molecule is CC(CS(C)=O)Nc1ncnc2sccc12. The lowest BCUT2D eigenvalue weighted by Crippen LogP contribution is -2.22. The number of fused-ring (bicyclic) bond motifs is 1. The zero-order valence-electron chi connectivity index (χ0n) is 9.14. The third-order valence-electron chi connectivity index (χ3n) is 2.13. The van der Waals surface area contributed by atoms with E-state index in [1.54, 1.807) is 23.9 Å². The highest BCUT2D eigenvalue weighted by Crippen LogP contribution is 2.24. The number of nitrogens with zero attached hydrogens (tertiary/aromatic N) is 2. The summed E-state index contributed by atoms with van der Waals surface area (Å²) in [6.07, 6.45) is 3.26. The van der Waals surface area contributed by atoms with Crippen LogP contribution in [0.2, 0.25) is 0 Å². The summed E-state index contributed by atoms with van der Waals surface area (Å²) < 4.78 is 11.1. The molecule has 0 aromatic carbocycles. The molecule has 0 aliphatic heterocycles. The number of aromatic nitrogens is 2. The third-order valence-corrected chi connectivity index (χ3v) is 3.92. The minimum absolute atomic E-state index is 0.142. The first-order valence-electron chi connectivity index (χ1n) is 4.91. The van der Waals surface area contributed by atoms with E-state index in [0.717, 1.165) is 16.0 Å². The van der Waals surface area contributed by atoms with Crippen LogP contribution in [-0.2, 0) is 10.8 Å². The van der Waals surface area contributed by atoms with Crippen molar-refractivity contribution in [2.24, 2.45) is 0 Å². The van der Waals surface area contributed by atoms with E-state index in [0.29, 0.717) is 5.75 Å². The van der Waals surface area contributed by atoms with Gasteiger partial charge in [0.15, 0.2) is 0 Å². The Labute approximate surface area is 101 Å². The van der Waals surface area contributed by atoms with E-state index >= 15 is 0 Å². The minimum Gasteiger partial charge on any atom is -0.366 e. The standard InChI is InChI=1S/C10H13N3OS2/c1-7(5-16(2)14)13-9-8-3-4-15-10(8)12-6-11-9/h3-4,6-7H,5H2,1-2H3,(H,11,12,13). The summed E-state index contributed by atoms with van der Waals surface area (Å²) >= 11 is 1.59. The van der Waals surface area contributed by atoms with Gasteiger partial charge in [-0.3, -0.25) is 4.21 Å². The van der Waals surface area contributed by atoms with E-state index < -0.39 is 10.8 Å². The second-order valence-corrected chi connectivity index (χ2v) is 6.02. The van der Waals surface area contributed by atoms with Crippen molar-refractivity contribution in [2.75, 3.05) is 17.3 Å². The van der Waals surface area contributed by atoms with E-state index in [1.807, 2.05) is 18.4 Å². The lowest BCUT2D eigenvalue weighted by molar-refractivity contribution is 0.683. The van der Waals surface area contributed by atoms with Crippen LogP contribution in [0.4, 0.5) is 5.82 Å². The van der Waals surface area contributed by atoms with Crippen molar-refractivity contribution in [3.8, 4) is 0 Å². The number of nitrogens with one attached hydrogen (secondary N) is 1. The van der Waals surface area contributed by atoms with Gasteiger partial charge in [0.2, 0.25) is 0 Å². The van der Waals surface area contributed by atoms with Gasteiger partial charge in [0, 0.05) is 28.9 Å². The molecule has 86 valence electrons. The fourth-order valence-corrected chi connectivity index (χ4v) is 3.05. The van der Waals surface area contributed by atoms with Gasteiger partial charge in [-0.15, -0.1) is 11.3 Å². The van der Waals surface area contributed by atoms with Crippen LogP contribution in [0.5, 0.6) is 0 Å². The molecule has 4 nitrogen and oxygen atoms in total. The van der Waals surface area contributed by atoms with Crippen molar-refractivity contribution >= 4 is 38.2 Å². The maximum Gasteiger partial charge on any atom is 0.138 e. The van der Waals surface area contributed by atoms with Crippen LogP contribution in [0.15, 0.2) is 17.8 Å². The Morgan fingerprint density at radius 1 is 1.56 bits per heavy atom. The lowest BCUT2D eigenvalue weighted by Gasteiger charge is -2.13. The van der Waals surface area contributed by atoms with Gasteiger partial charge in [-0.2, -0.15) is 0 Å². The molecule has 2 rings (SSSR count). The van der Waals surface area contributed by atoms with E-state index in [-0.39, 0.29) is 6.04 Å². The maximum atomic E-state index is 11.1. The fourth-order valence-electron chi connectivity index (χ4n) is 1.53. The second kappa shape index (κ2) is 4.88. The number of thiophene rings is 1. The Balaban J connectivity index is 2.20. The average molecular weight is 255 g/mol. The third kappa shape index (κ3) is 2.56. The Kier molecular flexibility index (Phi) is 3.50. The first-order chi connectivity index (χ1) is 7.66. The van der Waals surface area contributed by atoms with Crippen LogP contribution in [0.3, 0.4) is 0 Å². The minimum atomic E-state index is -0.797. The summed E-state index contributed by atoms with van der Waals surface area (Å²) in [5, 5.41) is 6.29. The highest BCUT2D eigenvalue weighted by molar-refractivity contribution is 7.84. The quantitative estimate of drug-likeness (QED) is 0.906. The van der Waals surface area contributed by atoms with Crippen molar-refractivity contribution in [3.05, 3.63) is 17.8 Å². The molecular weight excluding hydrogens is 242 g/mol. The van der Waals surface area contributed by atoms with Crippen LogP contribution in [0, 0.1) is 0 Å². The number of anilines is 1. The first kappa shape index (κ1) is 11.5. The van der Waals surface area contributed by atoms with E-state index in [1.165, 1.54) is 0 Å². The number of hydrogen-bond donors (Lipinski definition) is 1. The fraction of sp³-hybridized carbons (Fsp3) is 0.400. The zero-order valence-corrected chi connectivity index (χ0v) is 10.8. The van der Waals surface area contributed by atoms with E-state index in [9.17, 15) is 4.21 Å². The molecule has 0 saturated heterocycles. The van der Waals surface area contributed by atoms with Crippen LogP contribution < -0.4 is 5.32 Å². The molecule has 0 aliphatic carbocycles. The molecule has 2 heterocycles. The zero-order chi connectivity index (χ0) is 11.5. The molecule has 16 heavy (non-hydrogen) atoms. The maximum absolute atomic E-state index is 11.1. The van der Waals surface area contributed by atoms with Crippen LogP contribution >= 0.6 is 11.3 Å². The van der Waals surface area contributed by atoms with Gasteiger partial charge < -0.3 is 5.32 Å². The topological polar surface area (TPSA) is 54.9 Å². The summed E-state index contributed by atoms with van der Waals surface area (Å²) in [5.74, 6) is 1.44. The number of hydrogen-bond acceptors (Lipinski definition) is 5. The molecule has 0 fully saturated rings. The largest absolute Gasteiger partial charge is 0.366 e. The lowest BCUT2D eigenvalue weighted by atomic mass is 10.3. The normalized spacial score (nSPS) is 14.9. The molecule has 0 saturated carbocycles. The average Bonchev–Trinajstić information content (AvgIpc) is 2.65. The molecular formula is C10H13N3OS2. The summed E-state index contributed by atoms with van der Waals surface area (Å²) in [7, 11) is -0.797. The first-order valence-corrected chi connectivity index (χ1v) is 7.52. The molecule has 2 aromatic heterocycles. The molecule has 2 unspecified atom stereocenters. The monoisotopic (exact) mass is 255 g/mol. The Morgan fingerprint density at radius 3 is 3.12 bits per heavy atom. The van der Waals surface area contributed by atoms with Crippen LogP contribution in [0.25, 0.3) is 10.2 Å². The highest BCUT2D eigenvalue weighted by Gasteiger charge is 2.09. The highest BCUT2D eigenvalue weighted by atomic mass is 32.2. The summed E-state index contributed by atoms with van der Waals surface area (Å²) in [5.41, 5.74) is 0. The Hall–Kier alpha value is -1.01. The molecule has 0 spiro atoms. The molecule has 2 aromatic rings. The van der Waals surface area contributed by atoms with Gasteiger partial charge in [0.1, 0.15) is 17.0 Å². The predicted octanol–water partition coefficient (Wildman–Crippen LogP) is 1.87. The predicted molar refractivity (Wildman–Crippen MR) is 69.4 cm³/mol. The Bertz CT molecular complexity index is 511. The van der Waals surface area contributed by atoms with Gasteiger partial charge in [0.25, 0.3) is 0 Å². The molecule has 2 atom stereocenters. The molecule has 1 N–H and O–H groups in total. The van der Waals surface area contributed by atoms with Gasteiger partial charge >= 0.3 is 0 Å². The summed E-state index contributed by atoms with van der Waals surface area (Å²) in [4.78, 5) is 9.36. The Morgan fingerprint density at radius 2 is 2.38 bits per heavy atom. The van der Waals surface area contributed by atoms with Gasteiger partial charge in [0.05, 0.1) is 5.39 Å².